The Hall–Kier alpha value is -10.6. The third-order valence-electron chi connectivity index (χ3n) is 19.2. The van der Waals surface area contributed by atoms with Crippen molar-refractivity contribution in [3.63, 3.8) is 0 Å². The number of aromatic amines is 3. The van der Waals surface area contributed by atoms with E-state index in [2.05, 4.69) is 29.9 Å². The molecule has 2 bridgehead atoms. The summed E-state index contributed by atoms with van der Waals surface area (Å²) in [6.45, 7) is 17.9. The number of halogens is 3. The van der Waals surface area contributed by atoms with Crippen LogP contribution in [0.15, 0.2) is 128 Å². The number of ether oxygens (including phenoxy) is 3. The first-order valence-electron chi connectivity index (χ1n) is 33.2. The number of benzene rings is 3. The van der Waals surface area contributed by atoms with Crippen molar-refractivity contribution in [3.05, 3.63) is 213 Å². The summed E-state index contributed by atoms with van der Waals surface area (Å²) in [5.41, 5.74) is 6.69. The SMILES string of the molecule is Cc1cc(C(=O)N2C=C(C(=O)OC(C)CO)c3[nH]c4ncccc4c3C(C)(C)C2)ccc1F.Cc1cc(C(=O)N2C=C(C(=O)OC34CC(C3)C4)c3[nH]c4ncccc4c3C(C)(C)C2)ccc1F.Cc1cc(C(=O)N2C=C(C(=O)OCC(O)CO)c3[nH]c4ncccc4c3C(C)(C)C2)ccc1F. The zero-order valence-corrected chi connectivity index (χ0v) is 57.6. The Morgan fingerprint density at radius 1 is 0.525 bits per heavy atom. The molecule has 2 atom stereocenters. The molecule has 101 heavy (non-hydrogen) atoms. The second-order valence-corrected chi connectivity index (χ2v) is 28.7. The van der Waals surface area contributed by atoms with Gasteiger partial charge in [-0.2, -0.15) is 0 Å². The van der Waals surface area contributed by atoms with Crippen molar-refractivity contribution in [1.82, 2.24) is 44.6 Å². The van der Waals surface area contributed by atoms with Crippen LogP contribution in [0.5, 0.6) is 0 Å². The first-order valence-corrected chi connectivity index (χ1v) is 33.2. The molecule has 9 aromatic rings. The van der Waals surface area contributed by atoms with E-state index in [4.69, 9.17) is 19.3 Å². The number of amides is 3. The van der Waals surface area contributed by atoms with Gasteiger partial charge in [0.1, 0.15) is 58.8 Å². The molecule has 0 saturated heterocycles. The highest BCUT2D eigenvalue weighted by molar-refractivity contribution is 6.20. The maximum absolute atomic E-state index is 13.8. The number of nitrogens with zero attached hydrogens (tertiary/aromatic N) is 6. The van der Waals surface area contributed by atoms with Crippen molar-refractivity contribution in [1.29, 1.82) is 0 Å². The molecule has 3 fully saturated rings. The number of aliphatic hydroxyl groups is 3. The summed E-state index contributed by atoms with van der Waals surface area (Å²) in [4.78, 5) is 108. The Labute approximate surface area is 579 Å². The van der Waals surface area contributed by atoms with Crippen molar-refractivity contribution in [2.45, 2.75) is 123 Å². The largest absolute Gasteiger partial charge is 0.459 e. The Morgan fingerprint density at radius 2 is 0.871 bits per heavy atom. The van der Waals surface area contributed by atoms with Gasteiger partial charge < -0.3 is 59.2 Å². The predicted molar refractivity (Wildman–Crippen MR) is 371 cm³/mol. The van der Waals surface area contributed by atoms with E-state index in [-0.39, 0.29) is 59.6 Å². The van der Waals surface area contributed by atoms with E-state index in [9.17, 15) is 52.2 Å². The summed E-state index contributed by atoms with van der Waals surface area (Å²) in [6, 6.07) is 23.9. The van der Waals surface area contributed by atoms with Gasteiger partial charge in [-0.15, -0.1) is 0 Å². The van der Waals surface area contributed by atoms with Crippen molar-refractivity contribution >= 4 is 85.4 Å². The molecule has 9 heterocycles. The van der Waals surface area contributed by atoms with Gasteiger partial charge in [-0.3, -0.25) is 14.4 Å². The average Bonchev–Trinajstić information content (AvgIpc) is 1.65. The van der Waals surface area contributed by atoms with E-state index in [0.717, 1.165) is 52.1 Å². The number of aromatic nitrogens is 6. The van der Waals surface area contributed by atoms with Gasteiger partial charge in [-0.25, -0.2) is 42.5 Å². The minimum atomic E-state index is -1.23. The molecule has 15 rings (SSSR count). The zero-order chi connectivity index (χ0) is 72.4. The van der Waals surface area contributed by atoms with Gasteiger partial charge in [-0.1, -0.05) is 41.5 Å². The van der Waals surface area contributed by atoms with Crippen LogP contribution in [0.3, 0.4) is 0 Å². The van der Waals surface area contributed by atoms with Gasteiger partial charge in [0.05, 0.1) is 47.0 Å². The molecule has 524 valence electrons. The number of carbonyl (C=O) groups is 6. The van der Waals surface area contributed by atoms with Crippen LogP contribution in [0, 0.1) is 44.1 Å². The second kappa shape index (κ2) is 27.2. The molecule has 24 heteroatoms. The van der Waals surface area contributed by atoms with Gasteiger partial charge in [0, 0.05) is 106 Å². The lowest BCUT2D eigenvalue weighted by Gasteiger charge is -2.59. The molecule has 3 aromatic carbocycles. The maximum atomic E-state index is 13.8. The summed E-state index contributed by atoms with van der Waals surface area (Å²) in [6.07, 6.45) is 10.3. The highest BCUT2D eigenvalue weighted by atomic mass is 19.1. The number of hydrogen-bond acceptors (Lipinski definition) is 15. The fraction of sp³-hybridized carbons (Fsp3) is 0.338. The molecular weight excluding hydrogens is 1300 g/mol. The van der Waals surface area contributed by atoms with Crippen LogP contribution in [0.4, 0.5) is 13.2 Å². The third-order valence-corrected chi connectivity index (χ3v) is 19.2. The van der Waals surface area contributed by atoms with Gasteiger partial charge in [0.2, 0.25) is 0 Å². The van der Waals surface area contributed by atoms with Crippen molar-refractivity contribution in [3.8, 4) is 0 Å². The van der Waals surface area contributed by atoms with Gasteiger partial charge >= 0.3 is 17.9 Å². The number of aliphatic hydroxyl groups excluding tert-OH is 3. The predicted octanol–water partition coefficient (Wildman–Crippen LogP) is 11.3. The van der Waals surface area contributed by atoms with E-state index < -0.39 is 77.1 Å². The average molecular weight is 1380 g/mol. The molecule has 0 spiro atoms. The van der Waals surface area contributed by atoms with Crippen LogP contribution >= 0.6 is 0 Å². The van der Waals surface area contributed by atoms with Crippen molar-refractivity contribution in [2.24, 2.45) is 5.92 Å². The molecule has 3 aliphatic heterocycles. The zero-order valence-electron chi connectivity index (χ0n) is 57.6. The molecule has 0 radical (unpaired) electrons. The summed E-state index contributed by atoms with van der Waals surface area (Å²) in [7, 11) is 0. The van der Waals surface area contributed by atoms with E-state index >= 15 is 0 Å². The topological polar surface area (TPSA) is 287 Å². The summed E-state index contributed by atoms with van der Waals surface area (Å²) < 4.78 is 58.0. The van der Waals surface area contributed by atoms with Gasteiger partial charge in [0.25, 0.3) is 17.7 Å². The van der Waals surface area contributed by atoms with Crippen LogP contribution < -0.4 is 0 Å². The Bertz CT molecular complexity index is 4930. The summed E-state index contributed by atoms with van der Waals surface area (Å²) >= 11 is 0. The molecule has 3 saturated carbocycles. The smallest absolute Gasteiger partial charge is 0.342 e. The lowest BCUT2D eigenvalue weighted by atomic mass is 9.52. The number of esters is 3. The van der Waals surface area contributed by atoms with Crippen LogP contribution in [0.2, 0.25) is 0 Å². The van der Waals surface area contributed by atoms with Gasteiger partial charge in [-0.05, 0) is 177 Å². The fourth-order valence-corrected chi connectivity index (χ4v) is 14.1. The summed E-state index contributed by atoms with van der Waals surface area (Å²) in [5.74, 6) is -3.43. The maximum Gasteiger partial charge on any atom is 0.342 e. The lowest BCUT2D eigenvalue weighted by Crippen LogP contribution is -2.60. The van der Waals surface area contributed by atoms with Crippen LogP contribution in [-0.4, -0.2) is 153 Å². The van der Waals surface area contributed by atoms with E-state index in [1.54, 1.807) is 69.5 Å². The highest BCUT2D eigenvalue weighted by Gasteiger charge is 2.60. The van der Waals surface area contributed by atoms with Crippen molar-refractivity contribution in [2.75, 3.05) is 39.5 Å². The van der Waals surface area contributed by atoms with E-state index in [1.807, 2.05) is 71.9 Å². The molecule has 3 amide bonds. The molecule has 6 aliphatic rings. The molecule has 6 aromatic heterocycles. The number of H-pyrrole nitrogens is 3. The van der Waals surface area contributed by atoms with E-state index in [0.29, 0.717) is 79.9 Å². The van der Waals surface area contributed by atoms with Crippen LogP contribution in [0.25, 0.3) is 49.8 Å². The third kappa shape index (κ3) is 13.7. The van der Waals surface area contributed by atoms with E-state index in [1.165, 1.54) is 70.7 Å². The minimum Gasteiger partial charge on any atom is -0.459 e. The number of pyridine rings is 3. The van der Waals surface area contributed by atoms with Crippen LogP contribution in [0.1, 0.15) is 149 Å². The Morgan fingerprint density at radius 3 is 1.19 bits per heavy atom. The summed E-state index contributed by atoms with van der Waals surface area (Å²) in [5, 5.41) is 30.6. The normalized spacial score (nSPS) is 18.8. The standard InChI is InChI=1S/C27H26FN3O3.C25H26FN3O5.C25H26FN3O4/c1-15-9-17(6-7-20(15)28)24(32)31-13-19(25(33)34-27-10-16(11-27)12-27)22-21(26(2,3)14-31)18-5-4-8-29-23(18)30-22;1-14-9-15(6-7-19(14)26)23(32)29-10-18(24(33)34-12-16(31)11-30)21-20(25(2,3)13-29)17-5-4-8-27-22(17)28-21;1-14-10-16(7-8-19(14)26)23(31)29-11-18(24(32)33-15(2)12-30)21-20(25(3,4)13-29)17-6-5-9-27-22(17)28-21/h4-9,13,16H,10-12,14H2,1-3H3,(H,29,30);4-10,16,30-31H,11-13H2,1-3H3,(H,27,28);5-11,15,30H,12-13H2,1-4H3,(H,27,28). The number of nitrogens with one attached hydrogen (secondary N) is 3. The van der Waals surface area contributed by atoms with Gasteiger partial charge in [0.15, 0.2) is 0 Å². The monoisotopic (exact) mass is 1380 g/mol. The van der Waals surface area contributed by atoms with Crippen LogP contribution in [-0.2, 0) is 44.8 Å². The fourth-order valence-electron chi connectivity index (χ4n) is 14.1. The molecule has 2 unspecified atom stereocenters. The number of aryl methyl sites for hydroxylation is 3. The number of hydrogen-bond donors (Lipinski definition) is 6. The molecule has 3 aliphatic carbocycles. The number of carbonyl (C=O) groups excluding carboxylic acids is 6. The Balaban J connectivity index is 0.000000143. The quantitative estimate of drug-likeness (QED) is 0.0490. The number of rotatable bonds is 12. The molecule has 6 N–H and O–H groups in total. The first-order chi connectivity index (χ1) is 47.9. The highest BCUT2D eigenvalue weighted by Crippen LogP contribution is 2.60. The minimum absolute atomic E-state index is 0.0795. The molecule has 21 nitrogen and oxygen atoms in total. The Kier molecular flexibility index (Phi) is 18.9. The molecular formula is C77H78F3N9O12. The first kappa shape index (κ1) is 70.3. The lowest BCUT2D eigenvalue weighted by molar-refractivity contribution is -0.219. The van der Waals surface area contributed by atoms with Crippen molar-refractivity contribution < 1.29 is 71.5 Å². The number of fused-ring (bicyclic) bond motifs is 9. The second-order valence-electron chi connectivity index (χ2n) is 28.7.